The van der Waals surface area contributed by atoms with E-state index in [1.54, 1.807) is 30.3 Å². The molecule has 6 heteroatoms. The van der Waals surface area contributed by atoms with Crippen molar-refractivity contribution in [3.05, 3.63) is 58.9 Å². The summed E-state index contributed by atoms with van der Waals surface area (Å²) in [6, 6.07) is 11.9. The molecule has 3 aromatic rings. The van der Waals surface area contributed by atoms with Gasteiger partial charge in [-0.1, -0.05) is 47.2 Å². The number of aromatic nitrogens is 1. The molecule has 1 N–H and O–H groups in total. The minimum atomic E-state index is -0.393. The lowest BCUT2D eigenvalue weighted by Crippen LogP contribution is -2.14. The zero-order valence-electron chi connectivity index (χ0n) is 10.8. The van der Waals surface area contributed by atoms with Crippen molar-refractivity contribution < 1.29 is 9.18 Å². The van der Waals surface area contributed by atoms with Gasteiger partial charge in [0.15, 0.2) is 5.13 Å². The van der Waals surface area contributed by atoms with E-state index in [-0.39, 0.29) is 17.8 Å². The quantitative estimate of drug-likeness (QED) is 0.783. The third kappa shape index (κ3) is 3.04. The van der Waals surface area contributed by atoms with Crippen molar-refractivity contribution in [3.63, 3.8) is 0 Å². The van der Waals surface area contributed by atoms with Crippen molar-refractivity contribution in [2.75, 3.05) is 5.32 Å². The molecule has 21 heavy (non-hydrogen) atoms. The Labute approximate surface area is 129 Å². The highest BCUT2D eigenvalue weighted by Gasteiger charge is 2.11. The number of hydrogen-bond acceptors (Lipinski definition) is 3. The van der Waals surface area contributed by atoms with Crippen LogP contribution in [0.25, 0.3) is 10.2 Å². The number of nitrogens with zero attached hydrogens (tertiary/aromatic N) is 1. The van der Waals surface area contributed by atoms with Gasteiger partial charge in [0.2, 0.25) is 5.91 Å². The van der Waals surface area contributed by atoms with Gasteiger partial charge in [0.1, 0.15) is 11.3 Å². The molecule has 2 aromatic carbocycles. The lowest BCUT2D eigenvalue weighted by Gasteiger charge is -2.03. The monoisotopic (exact) mass is 320 g/mol. The van der Waals surface area contributed by atoms with Gasteiger partial charge in [0.25, 0.3) is 0 Å². The average Bonchev–Trinajstić information content (AvgIpc) is 2.85. The summed E-state index contributed by atoms with van der Waals surface area (Å²) in [7, 11) is 0. The fourth-order valence-corrected chi connectivity index (χ4v) is 3.05. The van der Waals surface area contributed by atoms with Crippen LogP contribution in [0.2, 0.25) is 5.02 Å². The molecular formula is C15H10ClFN2OS. The molecule has 0 saturated heterocycles. The van der Waals surface area contributed by atoms with Crippen LogP contribution in [0.15, 0.2) is 42.5 Å². The molecule has 0 unspecified atom stereocenters. The lowest BCUT2D eigenvalue weighted by atomic mass is 10.1. The second-order valence-corrected chi connectivity index (χ2v) is 5.86. The summed E-state index contributed by atoms with van der Waals surface area (Å²) in [4.78, 5) is 16.1. The van der Waals surface area contributed by atoms with Gasteiger partial charge in [-0.05, 0) is 23.8 Å². The second-order valence-electron chi connectivity index (χ2n) is 4.42. The van der Waals surface area contributed by atoms with Crippen LogP contribution in [0.3, 0.4) is 0 Å². The first-order valence-corrected chi connectivity index (χ1v) is 7.41. The van der Waals surface area contributed by atoms with E-state index in [4.69, 9.17) is 11.6 Å². The highest BCUT2D eigenvalue weighted by atomic mass is 35.5. The van der Waals surface area contributed by atoms with Crippen LogP contribution in [0, 0.1) is 5.82 Å². The SMILES string of the molecule is O=C(Cc1ccccc1Cl)Nc1nc2c(F)cccc2s1. The summed E-state index contributed by atoms with van der Waals surface area (Å²) in [5, 5.41) is 3.60. The van der Waals surface area contributed by atoms with Crippen LogP contribution in [-0.4, -0.2) is 10.9 Å². The smallest absolute Gasteiger partial charge is 0.230 e. The first kappa shape index (κ1) is 14.0. The molecule has 1 aromatic heterocycles. The Morgan fingerprint density at radius 1 is 1.24 bits per heavy atom. The summed E-state index contributed by atoms with van der Waals surface area (Å²) in [5.41, 5.74) is 1.01. The van der Waals surface area contributed by atoms with E-state index < -0.39 is 5.82 Å². The van der Waals surface area contributed by atoms with E-state index in [1.165, 1.54) is 17.4 Å². The number of amides is 1. The van der Waals surface area contributed by atoms with E-state index in [2.05, 4.69) is 10.3 Å². The fraction of sp³-hybridized carbons (Fsp3) is 0.0667. The zero-order chi connectivity index (χ0) is 14.8. The molecule has 1 heterocycles. The van der Waals surface area contributed by atoms with Crippen LogP contribution in [0.1, 0.15) is 5.56 Å². The van der Waals surface area contributed by atoms with Gasteiger partial charge >= 0.3 is 0 Å². The minimum absolute atomic E-state index is 0.151. The maximum atomic E-state index is 13.6. The normalized spacial score (nSPS) is 10.8. The van der Waals surface area contributed by atoms with E-state index in [0.717, 1.165) is 5.56 Å². The minimum Gasteiger partial charge on any atom is -0.302 e. The van der Waals surface area contributed by atoms with Crippen molar-refractivity contribution >= 4 is 44.2 Å². The summed E-state index contributed by atoms with van der Waals surface area (Å²) < 4.78 is 14.2. The Morgan fingerprint density at radius 3 is 2.81 bits per heavy atom. The van der Waals surface area contributed by atoms with Gasteiger partial charge in [-0.25, -0.2) is 9.37 Å². The third-order valence-electron chi connectivity index (χ3n) is 2.92. The van der Waals surface area contributed by atoms with Crippen LogP contribution in [0.5, 0.6) is 0 Å². The highest BCUT2D eigenvalue weighted by Crippen LogP contribution is 2.27. The number of anilines is 1. The van der Waals surface area contributed by atoms with Crippen LogP contribution >= 0.6 is 22.9 Å². The molecule has 0 aliphatic rings. The molecule has 0 spiro atoms. The molecule has 3 rings (SSSR count). The maximum Gasteiger partial charge on any atom is 0.230 e. The largest absolute Gasteiger partial charge is 0.302 e. The summed E-state index contributed by atoms with van der Waals surface area (Å²) in [6.45, 7) is 0. The van der Waals surface area contributed by atoms with E-state index >= 15 is 0 Å². The van der Waals surface area contributed by atoms with Gasteiger partial charge in [-0.2, -0.15) is 0 Å². The Morgan fingerprint density at radius 2 is 2.05 bits per heavy atom. The van der Waals surface area contributed by atoms with E-state index in [9.17, 15) is 9.18 Å². The first-order valence-electron chi connectivity index (χ1n) is 6.22. The molecule has 3 nitrogen and oxygen atoms in total. The fourth-order valence-electron chi connectivity index (χ4n) is 1.95. The predicted molar refractivity (Wildman–Crippen MR) is 83.4 cm³/mol. The Hall–Kier alpha value is -1.98. The number of carbonyl (C=O) groups excluding carboxylic acids is 1. The number of thiazole rings is 1. The molecule has 0 aliphatic heterocycles. The van der Waals surface area contributed by atoms with Crippen LogP contribution < -0.4 is 5.32 Å². The van der Waals surface area contributed by atoms with Gasteiger partial charge in [0, 0.05) is 5.02 Å². The number of rotatable bonds is 3. The predicted octanol–water partition coefficient (Wildman–Crippen LogP) is 4.27. The molecule has 0 aliphatic carbocycles. The zero-order valence-corrected chi connectivity index (χ0v) is 12.3. The standard InChI is InChI=1S/C15H10ClFN2OS/c16-10-5-2-1-4-9(10)8-13(20)18-15-19-14-11(17)6-3-7-12(14)21-15/h1-7H,8H2,(H,18,19,20). The van der Waals surface area contributed by atoms with Crippen LogP contribution in [0.4, 0.5) is 9.52 Å². The van der Waals surface area contributed by atoms with Gasteiger partial charge in [-0.3, -0.25) is 4.79 Å². The first-order chi connectivity index (χ1) is 10.1. The van der Waals surface area contributed by atoms with Crippen LogP contribution in [-0.2, 0) is 11.2 Å². The molecule has 0 bridgehead atoms. The number of fused-ring (bicyclic) bond motifs is 1. The Balaban J connectivity index is 1.77. The highest BCUT2D eigenvalue weighted by molar-refractivity contribution is 7.22. The number of para-hydroxylation sites is 1. The third-order valence-corrected chi connectivity index (χ3v) is 4.23. The molecule has 106 valence electrons. The Kier molecular flexibility index (Phi) is 3.86. The van der Waals surface area contributed by atoms with Gasteiger partial charge < -0.3 is 5.32 Å². The summed E-state index contributed by atoms with van der Waals surface area (Å²) in [5.74, 6) is -0.627. The molecular weight excluding hydrogens is 311 g/mol. The lowest BCUT2D eigenvalue weighted by molar-refractivity contribution is -0.115. The number of halogens is 2. The molecule has 0 atom stereocenters. The molecule has 0 saturated carbocycles. The number of nitrogens with one attached hydrogen (secondary N) is 1. The second kappa shape index (κ2) is 5.79. The Bertz CT molecular complexity index is 818. The van der Waals surface area contributed by atoms with E-state index in [1.807, 2.05) is 6.07 Å². The van der Waals surface area contributed by atoms with Gasteiger partial charge in [-0.15, -0.1) is 0 Å². The van der Waals surface area contributed by atoms with Crippen molar-refractivity contribution in [1.82, 2.24) is 4.98 Å². The maximum absolute atomic E-state index is 13.6. The molecule has 1 amide bonds. The van der Waals surface area contributed by atoms with E-state index in [0.29, 0.717) is 14.9 Å². The van der Waals surface area contributed by atoms with Crippen molar-refractivity contribution in [3.8, 4) is 0 Å². The summed E-state index contributed by atoms with van der Waals surface area (Å²) >= 11 is 7.25. The number of carbonyl (C=O) groups is 1. The molecule has 0 fully saturated rings. The van der Waals surface area contributed by atoms with Crippen molar-refractivity contribution in [1.29, 1.82) is 0 Å². The topological polar surface area (TPSA) is 42.0 Å². The average molecular weight is 321 g/mol. The van der Waals surface area contributed by atoms with Gasteiger partial charge in [0.05, 0.1) is 11.1 Å². The summed E-state index contributed by atoms with van der Waals surface area (Å²) in [6.07, 6.45) is 0.151. The van der Waals surface area contributed by atoms with Crippen molar-refractivity contribution in [2.24, 2.45) is 0 Å². The number of hydrogen-bond donors (Lipinski definition) is 1. The molecule has 0 radical (unpaired) electrons. The number of benzene rings is 2. The van der Waals surface area contributed by atoms with Crippen molar-refractivity contribution in [2.45, 2.75) is 6.42 Å².